The van der Waals surface area contributed by atoms with E-state index in [0.717, 1.165) is 39.6 Å². The number of ether oxygens (including phenoxy) is 1. The van der Waals surface area contributed by atoms with E-state index >= 15 is 0 Å². The van der Waals surface area contributed by atoms with Gasteiger partial charge in [-0.25, -0.2) is 9.37 Å². The van der Waals surface area contributed by atoms with Crippen molar-refractivity contribution in [3.05, 3.63) is 70.5 Å². The third kappa shape index (κ3) is 5.92. The molecule has 2 aliphatic rings. The summed E-state index contributed by atoms with van der Waals surface area (Å²) in [7, 11) is 1.49. The van der Waals surface area contributed by atoms with Crippen molar-refractivity contribution < 1.29 is 18.7 Å². The molecule has 0 atom stereocenters. The van der Waals surface area contributed by atoms with E-state index < -0.39 is 5.82 Å². The van der Waals surface area contributed by atoms with Crippen molar-refractivity contribution in [3.63, 3.8) is 0 Å². The van der Waals surface area contributed by atoms with Crippen LogP contribution in [0.1, 0.15) is 35.8 Å². The van der Waals surface area contributed by atoms with Gasteiger partial charge >= 0.3 is 0 Å². The maximum atomic E-state index is 13.7. The number of fused-ring (bicyclic) bond motifs is 1. The van der Waals surface area contributed by atoms with Gasteiger partial charge in [-0.3, -0.25) is 14.3 Å². The summed E-state index contributed by atoms with van der Waals surface area (Å²) in [6, 6.07) is 7.30. The number of carbonyl (C=O) groups excluding carboxylic acids is 2. The van der Waals surface area contributed by atoms with Gasteiger partial charge in [-0.2, -0.15) is 0 Å². The number of hydrogen-bond donors (Lipinski definition) is 0. The predicted molar refractivity (Wildman–Crippen MR) is 168 cm³/mol. The minimum absolute atomic E-state index is 0.0434. The highest BCUT2D eigenvalue weighted by molar-refractivity contribution is 9.10. The Morgan fingerprint density at radius 3 is 2.61 bits per heavy atom. The number of rotatable bonds is 8. The van der Waals surface area contributed by atoms with Gasteiger partial charge in [0, 0.05) is 85.6 Å². The molecule has 2 aliphatic heterocycles. The number of aromatic nitrogens is 5. The SMILES string of the molecule is CCn1c(C2=CCCN(C(=O)CCn3ccnn3)C2)cc2cc(C(=O)N3CCN(c4ncc(F)cc4OC)CC3)cc(Br)c21. The van der Waals surface area contributed by atoms with E-state index in [1.807, 2.05) is 26.8 Å². The van der Waals surface area contributed by atoms with Crippen molar-refractivity contribution in [1.29, 1.82) is 0 Å². The summed E-state index contributed by atoms with van der Waals surface area (Å²) in [5, 5.41) is 8.73. The zero-order valence-corrected chi connectivity index (χ0v) is 26.3. The van der Waals surface area contributed by atoms with Crippen LogP contribution in [0.2, 0.25) is 0 Å². The number of amides is 2. The van der Waals surface area contributed by atoms with E-state index in [1.54, 1.807) is 17.1 Å². The highest BCUT2D eigenvalue weighted by Gasteiger charge is 2.27. The van der Waals surface area contributed by atoms with Crippen molar-refractivity contribution in [1.82, 2.24) is 34.3 Å². The van der Waals surface area contributed by atoms with Gasteiger partial charge in [0.05, 0.1) is 31.6 Å². The molecular weight excluding hydrogens is 631 g/mol. The van der Waals surface area contributed by atoms with Crippen LogP contribution in [-0.2, 0) is 17.9 Å². The lowest BCUT2D eigenvalue weighted by molar-refractivity contribution is -0.131. The highest BCUT2D eigenvalue weighted by Crippen LogP contribution is 2.34. The molecule has 1 aromatic carbocycles. The Bertz CT molecular complexity index is 1710. The molecule has 0 saturated carbocycles. The minimum Gasteiger partial charge on any atom is -0.493 e. The number of carbonyl (C=O) groups is 2. The summed E-state index contributed by atoms with van der Waals surface area (Å²) in [6.07, 6.45) is 7.91. The van der Waals surface area contributed by atoms with E-state index in [1.165, 1.54) is 19.4 Å². The van der Waals surface area contributed by atoms with Gasteiger partial charge in [0.15, 0.2) is 11.6 Å². The van der Waals surface area contributed by atoms with E-state index in [9.17, 15) is 14.0 Å². The molecule has 0 bridgehead atoms. The lowest BCUT2D eigenvalue weighted by atomic mass is 10.1. The third-order valence-electron chi connectivity index (χ3n) is 8.25. The molecule has 230 valence electrons. The number of anilines is 1. The molecule has 3 aromatic heterocycles. The van der Waals surface area contributed by atoms with E-state index in [4.69, 9.17) is 4.74 Å². The highest BCUT2D eigenvalue weighted by atomic mass is 79.9. The fraction of sp³-hybridized carbons (Fsp3) is 0.387. The second-order valence-electron chi connectivity index (χ2n) is 10.9. The molecule has 0 aliphatic carbocycles. The van der Waals surface area contributed by atoms with Crippen LogP contribution in [-0.4, -0.2) is 92.5 Å². The van der Waals surface area contributed by atoms with E-state index in [-0.39, 0.29) is 11.8 Å². The summed E-state index contributed by atoms with van der Waals surface area (Å²) >= 11 is 3.76. The topological polar surface area (TPSA) is 102 Å². The molecule has 13 heteroatoms. The Morgan fingerprint density at radius 1 is 1.07 bits per heavy atom. The first-order chi connectivity index (χ1) is 21.4. The van der Waals surface area contributed by atoms with Crippen LogP contribution >= 0.6 is 15.9 Å². The second kappa shape index (κ2) is 12.8. The van der Waals surface area contributed by atoms with Crippen LogP contribution in [0.5, 0.6) is 5.75 Å². The fourth-order valence-electron chi connectivity index (χ4n) is 6.05. The van der Waals surface area contributed by atoms with Gasteiger partial charge in [0.1, 0.15) is 5.82 Å². The van der Waals surface area contributed by atoms with Gasteiger partial charge in [0.2, 0.25) is 5.91 Å². The number of nitrogens with zero attached hydrogens (tertiary/aromatic N) is 8. The molecule has 11 nitrogen and oxygen atoms in total. The molecule has 44 heavy (non-hydrogen) atoms. The fourth-order valence-corrected chi connectivity index (χ4v) is 6.74. The van der Waals surface area contributed by atoms with Crippen molar-refractivity contribution in [2.24, 2.45) is 0 Å². The van der Waals surface area contributed by atoms with Gasteiger partial charge in [0.25, 0.3) is 5.91 Å². The zero-order valence-electron chi connectivity index (χ0n) is 24.7. The van der Waals surface area contributed by atoms with Crippen LogP contribution in [0.4, 0.5) is 10.2 Å². The zero-order chi connectivity index (χ0) is 30.8. The first-order valence-electron chi connectivity index (χ1n) is 14.7. The number of benzene rings is 1. The summed E-state index contributed by atoms with van der Waals surface area (Å²) in [5.41, 5.74) is 3.78. The van der Waals surface area contributed by atoms with Crippen molar-refractivity contribution in [2.75, 3.05) is 51.3 Å². The average Bonchev–Trinajstić information content (AvgIpc) is 3.71. The summed E-state index contributed by atoms with van der Waals surface area (Å²) in [6.45, 7) is 6.69. The van der Waals surface area contributed by atoms with Crippen LogP contribution in [0.15, 0.2) is 53.4 Å². The number of methoxy groups -OCH3 is 1. The van der Waals surface area contributed by atoms with Gasteiger partial charge in [-0.05, 0) is 53.0 Å². The standard InChI is InChI=1S/C31H34BrFN8O3/c1-3-41-26(21-5-4-8-39(20-21)28(42)6-9-40-10-7-35-36-40)17-22-15-23(16-25(32)29(22)41)31(43)38-13-11-37(12-14-38)30-27(44-2)18-24(33)19-34-30/h5,7,10,15-19H,3-4,6,8-9,11-14,20H2,1-2H3. The van der Waals surface area contributed by atoms with Crippen molar-refractivity contribution in [2.45, 2.75) is 32.9 Å². The lowest BCUT2D eigenvalue weighted by Gasteiger charge is -2.36. The average molecular weight is 666 g/mol. The molecule has 0 spiro atoms. The van der Waals surface area contributed by atoms with E-state index in [2.05, 4.69) is 54.9 Å². The van der Waals surface area contributed by atoms with Crippen LogP contribution in [0.25, 0.3) is 16.5 Å². The molecule has 1 fully saturated rings. The van der Waals surface area contributed by atoms with Gasteiger partial charge < -0.3 is 24.0 Å². The molecule has 1 saturated heterocycles. The van der Waals surface area contributed by atoms with Crippen LogP contribution in [0.3, 0.4) is 0 Å². The van der Waals surface area contributed by atoms with Crippen molar-refractivity contribution in [3.8, 4) is 5.75 Å². The number of aryl methyl sites for hydroxylation is 2. The number of halogens is 2. The van der Waals surface area contributed by atoms with Gasteiger partial charge in [-0.15, -0.1) is 5.10 Å². The monoisotopic (exact) mass is 664 g/mol. The summed E-state index contributed by atoms with van der Waals surface area (Å²) in [4.78, 5) is 36.7. The molecule has 2 amide bonds. The molecule has 4 aromatic rings. The molecule has 6 rings (SSSR count). The minimum atomic E-state index is -0.453. The lowest BCUT2D eigenvalue weighted by Crippen LogP contribution is -2.49. The van der Waals surface area contributed by atoms with Crippen molar-refractivity contribution >= 4 is 50.0 Å². The molecule has 5 heterocycles. The number of piperazine rings is 1. The van der Waals surface area contributed by atoms with E-state index in [0.29, 0.717) is 69.4 Å². The molecule has 0 unspecified atom stereocenters. The smallest absolute Gasteiger partial charge is 0.254 e. The normalized spacial score (nSPS) is 15.5. The first kappa shape index (κ1) is 29.8. The number of pyridine rings is 1. The Morgan fingerprint density at radius 2 is 1.89 bits per heavy atom. The second-order valence-corrected chi connectivity index (χ2v) is 11.7. The quantitative estimate of drug-likeness (QED) is 0.278. The van der Waals surface area contributed by atoms with Crippen LogP contribution < -0.4 is 9.64 Å². The van der Waals surface area contributed by atoms with Gasteiger partial charge in [-0.1, -0.05) is 11.3 Å². The Kier molecular flexibility index (Phi) is 8.65. The summed E-state index contributed by atoms with van der Waals surface area (Å²) in [5.74, 6) is 0.547. The third-order valence-corrected chi connectivity index (χ3v) is 8.86. The maximum Gasteiger partial charge on any atom is 0.254 e. The first-order valence-corrected chi connectivity index (χ1v) is 15.5. The maximum absolute atomic E-state index is 13.7. The molecule has 0 N–H and O–H groups in total. The largest absolute Gasteiger partial charge is 0.493 e. The Labute approximate surface area is 263 Å². The molecular formula is C31H34BrFN8O3. The predicted octanol–water partition coefficient (Wildman–Crippen LogP) is 4.23. The Hall–Kier alpha value is -4.26. The summed E-state index contributed by atoms with van der Waals surface area (Å²) < 4.78 is 23.7. The molecule has 0 radical (unpaired) electrons. The van der Waals surface area contributed by atoms with Crippen LogP contribution in [0, 0.1) is 5.82 Å². The number of hydrogen-bond acceptors (Lipinski definition) is 7. The Balaban J connectivity index is 1.18.